The Morgan fingerprint density at radius 1 is 0.897 bits per heavy atom. The van der Waals surface area contributed by atoms with Crippen LogP contribution in [0, 0.1) is 5.82 Å². The van der Waals surface area contributed by atoms with Crippen LogP contribution in [-0.2, 0) is 20.0 Å². The highest BCUT2D eigenvalue weighted by atomic mass is 35.5. The van der Waals surface area contributed by atoms with Gasteiger partial charge >= 0.3 is 0 Å². The van der Waals surface area contributed by atoms with Crippen LogP contribution in [0.1, 0.15) is 12.8 Å². The van der Waals surface area contributed by atoms with E-state index in [1.165, 1.54) is 50.5 Å². The lowest BCUT2D eigenvalue weighted by molar-refractivity contribution is 0.517. The first-order valence-corrected chi connectivity index (χ1v) is 12.4. The van der Waals surface area contributed by atoms with Crippen molar-refractivity contribution >= 4 is 48.9 Å². The predicted octanol–water partition coefficient (Wildman–Crippen LogP) is 4.00. The molecule has 2 aromatic rings. The molecule has 0 spiro atoms. The molecule has 11 heteroatoms. The zero-order valence-electron chi connectivity index (χ0n) is 15.8. The highest BCUT2D eigenvalue weighted by Gasteiger charge is 2.27. The first-order chi connectivity index (χ1) is 13.4. The van der Waals surface area contributed by atoms with Crippen LogP contribution in [0.4, 0.5) is 10.1 Å². The smallest absolute Gasteiger partial charge is 0.263 e. The van der Waals surface area contributed by atoms with E-state index in [4.69, 9.17) is 23.2 Å². The Morgan fingerprint density at radius 3 is 2.07 bits per heavy atom. The summed E-state index contributed by atoms with van der Waals surface area (Å²) in [6.07, 6.45) is 0.404. The van der Waals surface area contributed by atoms with E-state index in [9.17, 15) is 21.2 Å². The molecule has 160 valence electrons. The molecular weight excluding hydrogens is 462 g/mol. The molecule has 0 fully saturated rings. The van der Waals surface area contributed by atoms with Crippen LogP contribution < -0.4 is 4.31 Å². The van der Waals surface area contributed by atoms with Gasteiger partial charge in [0.1, 0.15) is 5.82 Å². The van der Waals surface area contributed by atoms with E-state index in [2.05, 4.69) is 0 Å². The molecular formula is C18H21Cl2FN2O4S2. The number of unbranched alkanes of at least 4 members (excludes halogenated alkanes) is 1. The van der Waals surface area contributed by atoms with Gasteiger partial charge < -0.3 is 0 Å². The zero-order valence-corrected chi connectivity index (χ0v) is 19.0. The molecule has 0 aliphatic rings. The summed E-state index contributed by atoms with van der Waals surface area (Å²) in [5, 5.41) is 0.534. The van der Waals surface area contributed by atoms with Crippen molar-refractivity contribution in [3.63, 3.8) is 0 Å². The van der Waals surface area contributed by atoms with Gasteiger partial charge in [-0.25, -0.2) is 25.5 Å². The second-order valence-electron chi connectivity index (χ2n) is 6.43. The van der Waals surface area contributed by atoms with Gasteiger partial charge in [-0.2, -0.15) is 0 Å². The molecule has 0 saturated carbocycles. The van der Waals surface area contributed by atoms with Gasteiger partial charge in [-0.1, -0.05) is 23.2 Å². The highest BCUT2D eigenvalue weighted by Crippen LogP contribution is 2.30. The van der Waals surface area contributed by atoms with Crippen molar-refractivity contribution in [2.24, 2.45) is 0 Å². The Hall–Kier alpha value is -1.39. The molecule has 0 aromatic heterocycles. The maximum Gasteiger partial charge on any atom is 0.264 e. The number of sulfonamides is 2. The van der Waals surface area contributed by atoms with Crippen molar-refractivity contribution in [1.29, 1.82) is 0 Å². The Balaban J connectivity index is 2.34. The summed E-state index contributed by atoms with van der Waals surface area (Å²) in [6, 6.07) is 9.11. The minimum atomic E-state index is -4.13. The van der Waals surface area contributed by atoms with Gasteiger partial charge in [0, 0.05) is 30.7 Å². The number of rotatable bonds is 9. The van der Waals surface area contributed by atoms with Crippen molar-refractivity contribution in [3.8, 4) is 0 Å². The van der Waals surface area contributed by atoms with Crippen molar-refractivity contribution in [3.05, 3.63) is 58.3 Å². The number of hydrogen-bond acceptors (Lipinski definition) is 4. The average molecular weight is 483 g/mol. The zero-order chi connectivity index (χ0) is 21.8. The van der Waals surface area contributed by atoms with Crippen molar-refractivity contribution in [1.82, 2.24) is 4.31 Å². The van der Waals surface area contributed by atoms with E-state index >= 15 is 0 Å². The van der Waals surface area contributed by atoms with E-state index in [0.717, 1.165) is 14.7 Å². The number of halogens is 3. The maximum atomic E-state index is 14.4. The van der Waals surface area contributed by atoms with E-state index < -0.39 is 25.9 Å². The highest BCUT2D eigenvalue weighted by molar-refractivity contribution is 7.92. The van der Waals surface area contributed by atoms with Crippen molar-refractivity contribution in [2.45, 2.75) is 17.7 Å². The monoisotopic (exact) mass is 482 g/mol. The maximum absolute atomic E-state index is 14.4. The Labute approximate surface area is 180 Å². The van der Waals surface area contributed by atoms with Gasteiger partial charge in [-0.05, 0) is 55.3 Å². The van der Waals surface area contributed by atoms with E-state index in [1.54, 1.807) is 0 Å². The largest absolute Gasteiger partial charge is 0.264 e. The second kappa shape index (κ2) is 9.61. The molecule has 0 unspecified atom stereocenters. The van der Waals surface area contributed by atoms with Crippen LogP contribution >= 0.6 is 23.2 Å². The molecule has 0 amide bonds. The van der Waals surface area contributed by atoms with Crippen LogP contribution in [0.2, 0.25) is 10.0 Å². The van der Waals surface area contributed by atoms with Gasteiger partial charge in [-0.3, -0.25) is 4.31 Å². The number of benzene rings is 2. The molecule has 0 aliphatic carbocycles. The topological polar surface area (TPSA) is 74.8 Å². The van der Waals surface area contributed by atoms with Gasteiger partial charge in [0.15, 0.2) is 0 Å². The fourth-order valence-corrected chi connectivity index (χ4v) is 5.23. The molecule has 2 aromatic carbocycles. The van der Waals surface area contributed by atoms with Gasteiger partial charge in [-0.15, -0.1) is 0 Å². The van der Waals surface area contributed by atoms with E-state index in [-0.39, 0.29) is 40.7 Å². The summed E-state index contributed by atoms with van der Waals surface area (Å²) in [6.45, 7) is -0.120. The minimum absolute atomic E-state index is 0.0674. The first-order valence-electron chi connectivity index (χ1n) is 8.59. The molecule has 29 heavy (non-hydrogen) atoms. The standard InChI is InChI=1S/C18H21Cl2FN2O4S2/c1-22(2)28(24,25)12-4-3-11-23(18-13-15(20)7-10-17(18)21)29(26,27)16-8-5-14(19)6-9-16/h5-10,13H,3-4,11-12H2,1-2H3. The summed E-state index contributed by atoms with van der Waals surface area (Å²) in [7, 11) is -4.69. The Bertz CT molecular complexity index is 1060. The number of anilines is 1. The summed E-state index contributed by atoms with van der Waals surface area (Å²) in [5.74, 6) is -0.903. The quantitative estimate of drug-likeness (QED) is 0.506. The normalized spacial score (nSPS) is 12.3. The third-order valence-corrected chi connectivity index (χ3v) is 8.38. The van der Waals surface area contributed by atoms with Crippen molar-refractivity contribution < 1.29 is 21.2 Å². The molecule has 2 rings (SSSR count). The van der Waals surface area contributed by atoms with Crippen LogP contribution in [0.25, 0.3) is 0 Å². The summed E-state index contributed by atoms with van der Waals surface area (Å²) < 4.78 is 66.6. The lowest BCUT2D eigenvalue weighted by atomic mass is 10.3. The van der Waals surface area contributed by atoms with Crippen LogP contribution in [0.5, 0.6) is 0 Å². The Morgan fingerprint density at radius 2 is 1.48 bits per heavy atom. The number of hydrogen-bond donors (Lipinski definition) is 0. The summed E-state index contributed by atoms with van der Waals surface area (Å²) in [5.41, 5.74) is -0.206. The third kappa shape index (κ3) is 6.05. The lowest BCUT2D eigenvalue weighted by Gasteiger charge is -2.25. The van der Waals surface area contributed by atoms with Gasteiger partial charge in [0.25, 0.3) is 10.0 Å². The fourth-order valence-electron chi connectivity index (χ4n) is 2.50. The minimum Gasteiger partial charge on any atom is -0.263 e. The molecule has 0 saturated heterocycles. The summed E-state index contributed by atoms with van der Waals surface area (Å²) >= 11 is 11.8. The van der Waals surface area contributed by atoms with Gasteiger partial charge in [0.05, 0.1) is 16.3 Å². The van der Waals surface area contributed by atoms with Crippen LogP contribution in [-0.4, -0.2) is 47.5 Å². The molecule has 0 heterocycles. The SMILES string of the molecule is CN(C)S(=O)(=O)CCCCN(c1cc(Cl)ccc1F)S(=O)(=O)c1ccc(Cl)cc1. The average Bonchev–Trinajstić information content (AvgIpc) is 2.64. The second-order valence-corrected chi connectivity index (χ2v) is 11.5. The lowest BCUT2D eigenvalue weighted by Crippen LogP contribution is -2.33. The third-order valence-electron chi connectivity index (χ3n) is 4.15. The molecule has 6 nitrogen and oxygen atoms in total. The van der Waals surface area contributed by atoms with Crippen LogP contribution in [0.15, 0.2) is 47.4 Å². The van der Waals surface area contributed by atoms with Crippen molar-refractivity contribution in [2.75, 3.05) is 30.7 Å². The molecule has 0 aliphatic heterocycles. The van der Waals surface area contributed by atoms with Crippen LogP contribution in [0.3, 0.4) is 0 Å². The van der Waals surface area contributed by atoms with E-state index in [1.807, 2.05) is 0 Å². The number of nitrogens with zero attached hydrogens (tertiary/aromatic N) is 2. The Kier molecular flexibility index (Phi) is 7.92. The first kappa shape index (κ1) is 23.9. The fraction of sp³-hybridized carbons (Fsp3) is 0.333. The molecule has 0 radical (unpaired) electrons. The molecule has 0 N–H and O–H groups in total. The predicted molar refractivity (Wildman–Crippen MR) is 114 cm³/mol. The van der Waals surface area contributed by atoms with E-state index in [0.29, 0.717) is 5.02 Å². The summed E-state index contributed by atoms with van der Waals surface area (Å²) in [4.78, 5) is -0.0674. The van der Waals surface area contributed by atoms with Gasteiger partial charge in [0.2, 0.25) is 10.0 Å². The molecule has 0 bridgehead atoms. The molecule has 0 atom stereocenters.